The zero-order valence-corrected chi connectivity index (χ0v) is 16.4. The SMILES string of the molecule is CC(=O)Nc1cccc(C(=O)N[C@@H]2CCC[C@H]2CNC(=O)OC(C)(C)C)c1. The van der Waals surface area contributed by atoms with E-state index in [4.69, 9.17) is 4.74 Å². The van der Waals surface area contributed by atoms with Crippen molar-refractivity contribution in [3.63, 3.8) is 0 Å². The highest BCUT2D eigenvalue weighted by molar-refractivity contribution is 5.97. The Morgan fingerprint density at radius 2 is 1.93 bits per heavy atom. The zero-order valence-electron chi connectivity index (χ0n) is 16.4. The first kappa shape index (κ1) is 20.7. The molecule has 0 spiro atoms. The lowest BCUT2D eigenvalue weighted by atomic mass is 10.0. The van der Waals surface area contributed by atoms with Crippen molar-refractivity contribution >= 4 is 23.6 Å². The molecule has 27 heavy (non-hydrogen) atoms. The van der Waals surface area contributed by atoms with Gasteiger partial charge in [-0.15, -0.1) is 0 Å². The number of rotatable bonds is 5. The van der Waals surface area contributed by atoms with Crippen LogP contribution in [0.3, 0.4) is 0 Å². The number of hydrogen-bond donors (Lipinski definition) is 3. The molecule has 0 bridgehead atoms. The van der Waals surface area contributed by atoms with Gasteiger partial charge in [0.1, 0.15) is 5.60 Å². The highest BCUT2D eigenvalue weighted by atomic mass is 16.6. The van der Waals surface area contributed by atoms with E-state index >= 15 is 0 Å². The molecular weight excluding hydrogens is 346 g/mol. The van der Waals surface area contributed by atoms with E-state index in [-0.39, 0.29) is 23.8 Å². The van der Waals surface area contributed by atoms with Gasteiger partial charge in [0, 0.05) is 30.8 Å². The minimum Gasteiger partial charge on any atom is -0.444 e. The monoisotopic (exact) mass is 375 g/mol. The molecule has 0 unspecified atom stereocenters. The van der Waals surface area contributed by atoms with Crippen LogP contribution in [0.25, 0.3) is 0 Å². The first-order valence-electron chi connectivity index (χ1n) is 9.29. The maximum absolute atomic E-state index is 12.6. The van der Waals surface area contributed by atoms with E-state index in [0.717, 1.165) is 19.3 Å². The normalized spacial score (nSPS) is 19.3. The summed E-state index contributed by atoms with van der Waals surface area (Å²) < 4.78 is 5.26. The molecule has 0 heterocycles. The Morgan fingerprint density at radius 1 is 1.19 bits per heavy atom. The second kappa shape index (κ2) is 8.88. The second-order valence-electron chi connectivity index (χ2n) is 7.92. The number of alkyl carbamates (subject to hydrolysis) is 1. The van der Waals surface area contributed by atoms with Crippen LogP contribution in [-0.4, -0.2) is 36.1 Å². The van der Waals surface area contributed by atoms with Gasteiger partial charge in [-0.25, -0.2) is 4.79 Å². The van der Waals surface area contributed by atoms with E-state index in [9.17, 15) is 14.4 Å². The highest BCUT2D eigenvalue weighted by Crippen LogP contribution is 2.25. The summed E-state index contributed by atoms with van der Waals surface area (Å²) in [5, 5.41) is 8.52. The summed E-state index contributed by atoms with van der Waals surface area (Å²) >= 11 is 0. The molecule has 0 aliphatic heterocycles. The predicted octanol–water partition coefficient (Wildman–Crippen LogP) is 3.07. The fraction of sp³-hybridized carbons (Fsp3) is 0.550. The van der Waals surface area contributed by atoms with Crippen LogP contribution in [0.5, 0.6) is 0 Å². The smallest absolute Gasteiger partial charge is 0.407 e. The second-order valence-corrected chi connectivity index (χ2v) is 7.92. The molecule has 7 nitrogen and oxygen atoms in total. The van der Waals surface area contributed by atoms with Gasteiger partial charge in [0.25, 0.3) is 5.91 Å². The summed E-state index contributed by atoms with van der Waals surface area (Å²) in [6, 6.07) is 6.83. The molecule has 1 aliphatic rings. The topological polar surface area (TPSA) is 96.5 Å². The number of carbonyl (C=O) groups is 3. The van der Waals surface area contributed by atoms with Gasteiger partial charge >= 0.3 is 6.09 Å². The average molecular weight is 375 g/mol. The molecule has 1 aromatic rings. The third kappa shape index (κ3) is 6.92. The van der Waals surface area contributed by atoms with Gasteiger partial charge in [-0.2, -0.15) is 0 Å². The number of anilines is 1. The number of amides is 3. The highest BCUT2D eigenvalue weighted by Gasteiger charge is 2.29. The van der Waals surface area contributed by atoms with Crippen LogP contribution in [-0.2, 0) is 9.53 Å². The Balaban J connectivity index is 1.91. The van der Waals surface area contributed by atoms with Crippen LogP contribution in [0, 0.1) is 5.92 Å². The van der Waals surface area contributed by atoms with E-state index in [2.05, 4.69) is 16.0 Å². The van der Waals surface area contributed by atoms with E-state index in [1.165, 1.54) is 6.92 Å². The van der Waals surface area contributed by atoms with Gasteiger partial charge in [0.2, 0.25) is 5.91 Å². The van der Waals surface area contributed by atoms with Gasteiger partial charge in [-0.1, -0.05) is 12.5 Å². The first-order valence-corrected chi connectivity index (χ1v) is 9.29. The van der Waals surface area contributed by atoms with Gasteiger partial charge < -0.3 is 20.7 Å². The van der Waals surface area contributed by atoms with Gasteiger partial charge in [-0.3, -0.25) is 9.59 Å². The van der Waals surface area contributed by atoms with Crippen molar-refractivity contribution in [3.8, 4) is 0 Å². The fourth-order valence-electron chi connectivity index (χ4n) is 3.19. The molecule has 3 N–H and O–H groups in total. The fourth-order valence-corrected chi connectivity index (χ4v) is 3.19. The molecule has 1 aliphatic carbocycles. The van der Waals surface area contributed by atoms with Crippen LogP contribution in [0.1, 0.15) is 57.3 Å². The zero-order chi connectivity index (χ0) is 20.0. The molecule has 0 saturated heterocycles. The largest absolute Gasteiger partial charge is 0.444 e. The van der Waals surface area contributed by atoms with Crippen molar-refractivity contribution < 1.29 is 19.1 Å². The average Bonchev–Trinajstić information content (AvgIpc) is 2.98. The number of hydrogen-bond acceptors (Lipinski definition) is 4. The van der Waals surface area contributed by atoms with Gasteiger partial charge in [-0.05, 0) is 57.7 Å². The molecule has 3 amide bonds. The summed E-state index contributed by atoms with van der Waals surface area (Å²) in [4.78, 5) is 35.6. The maximum Gasteiger partial charge on any atom is 0.407 e. The van der Waals surface area contributed by atoms with Crippen molar-refractivity contribution in [1.29, 1.82) is 0 Å². The summed E-state index contributed by atoms with van der Waals surface area (Å²) in [7, 11) is 0. The summed E-state index contributed by atoms with van der Waals surface area (Å²) in [5.74, 6) is -0.201. The quantitative estimate of drug-likeness (QED) is 0.737. The number of nitrogens with one attached hydrogen (secondary N) is 3. The van der Waals surface area contributed by atoms with Crippen molar-refractivity contribution in [3.05, 3.63) is 29.8 Å². The predicted molar refractivity (Wildman–Crippen MR) is 104 cm³/mol. The minimum absolute atomic E-state index is 0.00291. The molecule has 1 saturated carbocycles. The molecule has 7 heteroatoms. The van der Waals surface area contributed by atoms with Gasteiger partial charge in [0.05, 0.1) is 0 Å². The molecule has 1 fully saturated rings. The van der Waals surface area contributed by atoms with Crippen molar-refractivity contribution in [2.24, 2.45) is 5.92 Å². The Bertz CT molecular complexity index is 697. The molecule has 148 valence electrons. The minimum atomic E-state index is -0.535. The Morgan fingerprint density at radius 3 is 2.59 bits per heavy atom. The standard InChI is InChI=1S/C20H29N3O4/c1-13(24)22-16-9-5-7-14(11-16)18(25)23-17-10-6-8-15(17)12-21-19(26)27-20(2,3)4/h5,7,9,11,15,17H,6,8,10,12H2,1-4H3,(H,21,26)(H,22,24)(H,23,25)/t15-,17+/m0/s1. The van der Waals surface area contributed by atoms with E-state index in [1.807, 2.05) is 20.8 Å². The number of benzene rings is 1. The van der Waals surface area contributed by atoms with Crippen LogP contribution in [0.15, 0.2) is 24.3 Å². The molecule has 2 rings (SSSR count). The molecule has 0 aromatic heterocycles. The van der Waals surface area contributed by atoms with Crippen LogP contribution in [0.2, 0.25) is 0 Å². The van der Waals surface area contributed by atoms with Crippen LogP contribution >= 0.6 is 0 Å². The molecule has 0 radical (unpaired) electrons. The van der Waals surface area contributed by atoms with Crippen LogP contribution in [0.4, 0.5) is 10.5 Å². The Kier molecular flexibility index (Phi) is 6.82. The molecular formula is C20H29N3O4. The van der Waals surface area contributed by atoms with Crippen molar-refractivity contribution in [2.45, 2.75) is 58.6 Å². The van der Waals surface area contributed by atoms with Crippen molar-refractivity contribution in [1.82, 2.24) is 10.6 Å². The lowest BCUT2D eigenvalue weighted by molar-refractivity contribution is -0.114. The number of ether oxygens (including phenoxy) is 1. The van der Waals surface area contributed by atoms with E-state index < -0.39 is 11.7 Å². The van der Waals surface area contributed by atoms with Crippen molar-refractivity contribution in [2.75, 3.05) is 11.9 Å². The lowest BCUT2D eigenvalue weighted by Crippen LogP contribution is -2.43. The summed E-state index contributed by atoms with van der Waals surface area (Å²) in [6.07, 6.45) is 2.37. The Hall–Kier alpha value is -2.57. The lowest BCUT2D eigenvalue weighted by Gasteiger charge is -2.23. The summed E-state index contributed by atoms with van der Waals surface area (Å²) in [5.41, 5.74) is 0.545. The maximum atomic E-state index is 12.6. The van der Waals surface area contributed by atoms with Crippen LogP contribution < -0.4 is 16.0 Å². The third-order valence-electron chi connectivity index (χ3n) is 4.33. The van der Waals surface area contributed by atoms with Gasteiger partial charge in [0.15, 0.2) is 0 Å². The number of carbonyl (C=O) groups excluding carboxylic acids is 3. The first-order chi connectivity index (χ1) is 12.6. The molecule has 2 atom stereocenters. The third-order valence-corrected chi connectivity index (χ3v) is 4.33. The Labute approximate surface area is 160 Å². The summed E-state index contributed by atoms with van der Waals surface area (Å²) in [6.45, 7) is 7.35. The van der Waals surface area contributed by atoms with E-state index in [1.54, 1.807) is 24.3 Å². The van der Waals surface area contributed by atoms with E-state index in [0.29, 0.717) is 17.8 Å². The molecule has 1 aromatic carbocycles.